The molecule has 0 bridgehead atoms. The van der Waals surface area contributed by atoms with E-state index in [0.717, 1.165) is 0 Å². The van der Waals surface area contributed by atoms with Crippen LogP contribution in [0.25, 0.3) is 0 Å². The van der Waals surface area contributed by atoms with Crippen molar-refractivity contribution in [3.05, 3.63) is 12.7 Å². The van der Waals surface area contributed by atoms with Crippen LogP contribution in [-0.4, -0.2) is 71.5 Å². The van der Waals surface area contributed by atoms with E-state index in [2.05, 4.69) is 11.9 Å². The second-order valence-electron chi connectivity index (χ2n) is 7.70. The zero-order chi connectivity index (χ0) is 20.8. The molecular weight excluding hydrogens is 356 g/mol. The van der Waals surface area contributed by atoms with E-state index < -0.39 is 47.6 Å². The predicted molar refractivity (Wildman–Crippen MR) is 97.9 cm³/mol. The van der Waals surface area contributed by atoms with Gasteiger partial charge in [-0.3, -0.25) is 0 Å². The Morgan fingerprint density at radius 1 is 1.48 bits per heavy atom. The van der Waals surface area contributed by atoms with Crippen molar-refractivity contribution in [3.63, 3.8) is 0 Å². The Morgan fingerprint density at radius 2 is 2.11 bits per heavy atom. The van der Waals surface area contributed by atoms with Crippen molar-refractivity contribution in [1.82, 2.24) is 5.32 Å². The molecule has 0 saturated carbocycles. The lowest BCUT2D eigenvalue weighted by Gasteiger charge is -2.46. The van der Waals surface area contributed by atoms with Gasteiger partial charge in [-0.15, -0.1) is 6.58 Å². The molecule has 9 heteroatoms. The average molecular weight is 388 g/mol. The number of hydrogen-bond donors (Lipinski definition) is 4. The number of nitrogens with two attached hydrogens (primary N) is 1. The van der Waals surface area contributed by atoms with Crippen molar-refractivity contribution in [1.29, 1.82) is 0 Å². The maximum Gasteiger partial charge on any atom is 0.408 e. The van der Waals surface area contributed by atoms with Gasteiger partial charge in [0.25, 0.3) is 0 Å². The SMILES string of the molecule is C=CCC1(C(=O)OC)C[C@H](O)[C@@H](NC(=O)OC(C)(C)C)[C@H](C[C@H](O)CN)O1. The van der Waals surface area contributed by atoms with Crippen molar-refractivity contribution in [2.45, 2.75) is 75.6 Å². The van der Waals surface area contributed by atoms with Gasteiger partial charge in [0, 0.05) is 25.8 Å². The molecule has 0 aliphatic carbocycles. The highest BCUT2D eigenvalue weighted by Crippen LogP contribution is 2.35. The summed E-state index contributed by atoms with van der Waals surface area (Å²) in [5, 5.41) is 23.2. The van der Waals surface area contributed by atoms with Crippen LogP contribution in [0.3, 0.4) is 0 Å². The summed E-state index contributed by atoms with van der Waals surface area (Å²) in [6, 6.07) is -0.899. The normalized spacial score (nSPS) is 29.5. The molecule has 27 heavy (non-hydrogen) atoms. The Bertz CT molecular complexity index is 534. The Kier molecular flexibility index (Phi) is 8.22. The molecule has 0 aromatic carbocycles. The van der Waals surface area contributed by atoms with Gasteiger partial charge in [0.1, 0.15) is 5.60 Å². The van der Waals surface area contributed by atoms with Crippen LogP contribution in [0, 0.1) is 0 Å². The first kappa shape index (κ1) is 23.4. The van der Waals surface area contributed by atoms with Gasteiger partial charge in [-0.2, -0.15) is 0 Å². The van der Waals surface area contributed by atoms with Crippen molar-refractivity contribution in [2.75, 3.05) is 13.7 Å². The van der Waals surface area contributed by atoms with E-state index in [-0.39, 0.29) is 25.8 Å². The van der Waals surface area contributed by atoms with Crippen LogP contribution in [-0.2, 0) is 19.0 Å². The number of alkyl carbamates (subject to hydrolysis) is 1. The van der Waals surface area contributed by atoms with E-state index in [4.69, 9.17) is 19.9 Å². The standard InChI is InChI=1S/C18H32N2O7/c1-6-7-18(15(23)25-5)9-12(22)14(13(26-18)8-11(21)10-19)20-16(24)27-17(2,3)4/h6,11-14,21-22H,1,7-10,19H2,2-5H3,(H,20,24)/t11-,12-,13-,14+,18?/m0/s1. The highest BCUT2D eigenvalue weighted by atomic mass is 16.6. The summed E-state index contributed by atoms with van der Waals surface area (Å²) in [6.07, 6.45) is -2.23. The minimum atomic E-state index is -1.46. The molecule has 0 spiro atoms. The Morgan fingerprint density at radius 3 is 2.59 bits per heavy atom. The molecule has 1 aliphatic heterocycles. The Hall–Kier alpha value is -1.68. The zero-order valence-electron chi connectivity index (χ0n) is 16.4. The molecule has 1 saturated heterocycles. The third-order valence-corrected chi connectivity index (χ3v) is 4.22. The van der Waals surface area contributed by atoms with Crippen LogP contribution in [0.1, 0.15) is 40.0 Å². The van der Waals surface area contributed by atoms with E-state index in [0.29, 0.717) is 0 Å². The van der Waals surface area contributed by atoms with Gasteiger partial charge in [-0.25, -0.2) is 9.59 Å². The molecule has 5 atom stereocenters. The van der Waals surface area contributed by atoms with Crippen LogP contribution < -0.4 is 11.1 Å². The highest BCUT2D eigenvalue weighted by molar-refractivity contribution is 5.80. The number of rotatable bonds is 7. The number of carbonyl (C=O) groups is 2. The smallest absolute Gasteiger partial charge is 0.408 e. The molecule has 1 rings (SSSR count). The topological polar surface area (TPSA) is 140 Å². The van der Waals surface area contributed by atoms with Gasteiger partial charge >= 0.3 is 12.1 Å². The second-order valence-corrected chi connectivity index (χ2v) is 7.70. The quantitative estimate of drug-likeness (QED) is 0.359. The lowest BCUT2D eigenvalue weighted by molar-refractivity contribution is -0.208. The highest BCUT2D eigenvalue weighted by Gasteiger charge is 2.52. The first-order chi connectivity index (χ1) is 12.5. The van der Waals surface area contributed by atoms with Crippen molar-refractivity contribution in [2.24, 2.45) is 5.73 Å². The fourth-order valence-corrected chi connectivity index (χ4v) is 3.08. The summed E-state index contributed by atoms with van der Waals surface area (Å²) in [4.78, 5) is 24.5. The van der Waals surface area contributed by atoms with E-state index in [1.165, 1.54) is 13.2 Å². The summed E-state index contributed by atoms with van der Waals surface area (Å²) in [6.45, 7) is 8.72. The number of amides is 1. The number of carbonyl (C=O) groups excluding carboxylic acids is 2. The first-order valence-corrected chi connectivity index (χ1v) is 8.91. The second kappa shape index (κ2) is 9.50. The van der Waals surface area contributed by atoms with Crippen molar-refractivity contribution >= 4 is 12.1 Å². The fraction of sp³-hybridized carbons (Fsp3) is 0.778. The third kappa shape index (κ3) is 6.46. The molecule has 0 aromatic heterocycles. The van der Waals surface area contributed by atoms with Crippen LogP contribution in [0.2, 0.25) is 0 Å². The first-order valence-electron chi connectivity index (χ1n) is 8.91. The average Bonchev–Trinajstić information content (AvgIpc) is 2.55. The number of esters is 1. The molecule has 1 aliphatic rings. The number of nitrogens with one attached hydrogen (secondary N) is 1. The number of hydrogen-bond acceptors (Lipinski definition) is 8. The van der Waals surface area contributed by atoms with Crippen molar-refractivity contribution < 1.29 is 34.0 Å². The molecule has 1 unspecified atom stereocenters. The number of aliphatic hydroxyl groups is 2. The van der Waals surface area contributed by atoms with Crippen LogP contribution in [0.15, 0.2) is 12.7 Å². The monoisotopic (exact) mass is 388 g/mol. The lowest BCUT2D eigenvalue weighted by atomic mass is 9.82. The van der Waals surface area contributed by atoms with Gasteiger partial charge in [0.2, 0.25) is 0 Å². The maximum atomic E-state index is 12.3. The molecule has 156 valence electrons. The number of aliphatic hydroxyl groups excluding tert-OH is 2. The van der Waals surface area contributed by atoms with Gasteiger partial charge < -0.3 is 35.5 Å². The summed E-state index contributed by atoms with van der Waals surface area (Å²) >= 11 is 0. The predicted octanol–water partition coefficient (Wildman–Crippen LogP) is 0.227. The van der Waals surface area contributed by atoms with Gasteiger partial charge in [0.05, 0.1) is 31.5 Å². The molecule has 1 heterocycles. The van der Waals surface area contributed by atoms with E-state index >= 15 is 0 Å². The zero-order valence-corrected chi connectivity index (χ0v) is 16.4. The maximum absolute atomic E-state index is 12.3. The molecule has 1 amide bonds. The van der Waals surface area contributed by atoms with Gasteiger partial charge in [-0.05, 0) is 20.8 Å². The molecule has 0 aromatic rings. The minimum absolute atomic E-state index is 0.00388. The Balaban J connectivity index is 3.10. The summed E-state index contributed by atoms with van der Waals surface area (Å²) in [5.41, 5.74) is 3.29. The number of ether oxygens (including phenoxy) is 3. The third-order valence-electron chi connectivity index (χ3n) is 4.22. The lowest BCUT2D eigenvalue weighted by Crippen LogP contribution is -2.64. The van der Waals surface area contributed by atoms with Crippen LogP contribution in [0.5, 0.6) is 0 Å². The molecule has 0 radical (unpaired) electrons. The fourth-order valence-electron chi connectivity index (χ4n) is 3.08. The van der Waals surface area contributed by atoms with Gasteiger partial charge in [-0.1, -0.05) is 6.08 Å². The largest absolute Gasteiger partial charge is 0.467 e. The summed E-state index contributed by atoms with van der Waals surface area (Å²) < 4.78 is 16.0. The summed E-state index contributed by atoms with van der Waals surface area (Å²) in [5.74, 6) is -0.663. The van der Waals surface area contributed by atoms with Crippen LogP contribution in [0.4, 0.5) is 4.79 Å². The molecular formula is C18H32N2O7. The molecule has 1 fully saturated rings. The number of methoxy groups -OCH3 is 1. The Labute approximate surface area is 159 Å². The van der Waals surface area contributed by atoms with E-state index in [1.54, 1.807) is 20.8 Å². The van der Waals surface area contributed by atoms with E-state index in [9.17, 15) is 19.8 Å². The molecule has 5 N–H and O–H groups in total. The molecule has 9 nitrogen and oxygen atoms in total. The van der Waals surface area contributed by atoms with Crippen molar-refractivity contribution in [3.8, 4) is 0 Å². The van der Waals surface area contributed by atoms with E-state index in [1.807, 2.05) is 0 Å². The summed E-state index contributed by atoms with van der Waals surface area (Å²) in [7, 11) is 1.22. The van der Waals surface area contributed by atoms with Gasteiger partial charge in [0.15, 0.2) is 5.60 Å². The van der Waals surface area contributed by atoms with Crippen LogP contribution >= 0.6 is 0 Å². The minimum Gasteiger partial charge on any atom is -0.467 e.